The minimum Gasteiger partial charge on any atom is -0.396 e. The third-order valence-corrected chi connectivity index (χ3v) is 3.19. The van der Waals surface area contributed by atoms with E-state index >= 15 is 0 Å². The number of aliphatic hydroxyl groups excluding tert-OH is 1. The Kier molecular flexibility index (Phi) is 4.82. The number of carbonyl (C=O) groups is 1. The van der Waals surface area contributed by atoms with E-state index < -0.39 is 0 Å². The standard InChI is InChI=1S/C12H21NO2/c1-3-13(4-2)12(15)11-8-6-5-7-10(11)9-14/h5-6,10-11,14H,3-4,7-9H2,1-2H3/t10-,11-/m1/s1. The molecule has 0 fully saturated rings. The van der Waals surface area contributed by atoms with Crippen LogP contribution >= 0.6 is 0 Å². The molecule has 0 saturated heterocycles. The van der Waals surface area contributed by atoms with E-state index in [0.29, 0.717) is 0 Å². The molecule has 0 heterocycles. The Labute approximate surface area is 91.8 Å². The number of hydrogen-bond acceptors (Lipinski definition) is 2. The fourth-order valence-corrected chi connectivity index (χ4v) is 2.14. The number of aliphatic hydroxyl groups is 1. The van der Waals surface area contributed by atoms with Gasteiger partial charge in [-0.1, -0.05) is 12.2 Å². The van der Waals surface area contributed by atoms with Gasteiger partial charge < -0.3 is 10.0 Å². The molecule has 2 atom stereocenters. The van der Waals surface area contributed by atoms with Gasteiger partial charge in [-0.3, -0.25) is 4.79 Å². The summed E-state index contributed by atoms with van der Waals surface area (Å²) in [5, 5.41) is 9.23. The normalized spacial score (nSPS) is 25.3. The summed E-state index contributed by atoms with van der Waals surface area (Å²) in [7, 11) is 0. The van der Waals surface area contributed by atoms with Gasteiger partial charge in [0.15, 0.2) is 0 Å². The van der Waals surface area contributed by atoms with Crippen molar-refractivity contribution in [3.8, 4) is 0 Å². The molecular formula is C12H21NO2. The topological polar surface area (TPSA) is 40.5 Å². The van der Waals surface area contributed by atoms with Crippen LogP contribution in [0, 0.1) is 11.8 Å². The van der Waals surface area contributed by atoms with Crippen LogP contribution in [-0.4, -0.2) is 35.6 Å². The highest BCUT2D eigenvalue weighted by Gasteiger charge is 2.30. The molecule has 0 bridgehead atoms. The van der Waals surface area contributed by atoms with Crippen molar-refractivity contribution < 1.29 is 9.90 Å². The van der Waals surface area contributed by atoms with Crippen molar-refractivity contribution in [1.82, 2.24) is 4.90 Å². The van der Waals surface area contributed by atoms with Crippen LogP contribution < -0.4 is 0 Å². The minimum absolute atomic E-state index is 0.0140. The number of nitrogens with zero attached hydrogens (tertiary/aromatic N) is 1. The SMILES string of the molecule is CCN(CC)C(=O)[C@@H]1CC=CC[C@@H]1CO. The van der Waals surface area contributed by atoms with Crippen molar-refractivity contribution >= 4 is 5.91 Å². The zero-order chi connectivity index (χ0) is 11.3. The van der Waals surface area contributed by atoms with Gasteiger partial charge in [0, 0.05) is 25.6 Å². The van der Waals surface area contributed by atoms with Gasteiger partial charge in [-0.05, 0) is 32.6 Å². The lowest BCUT2D eigenvalue weighted by molar-refractivity contribution is -0.137. The van der Waals surface area contributed by atoms with Crippen molar-refractivity contribution in [2.24, 2.45) is 11.8 Å². The largest absolute Gasteiger partial charge is 0.396 e. The molecular weight excluding hydrogens is 190 g/mol. The van der Waals surface area contributed by atoms with E-state index in [1.165, 1.54) is 0 Å². The predicted molar refractivity (Wildman–Crippen MR) is 60.4 cm³/mol. The van der Waals surface area contributed by atoms with Crippen molar-refractivity contribution in [3.05, 3.63) is 12.2 Å². The third-order valence-electron chi connectivity index (χ3n) is 3.19. The van der Waals surface area contributed by atoms with E-state index in [1.54, 1.807) is 0 Å². The van der Waals surface area contributed by atoms with Crippen molar-refractivity contribution in [3.63, 3.8) is 0 Å². The fraction of sp³-hybridized carbons (Fsp3) is 0.750. The van der Waals surface area contributed by atoms with Gasteiger partial charge in [-0.25, -0.2) is 0 Å². The lowest BCUT2D eigenvalue weighted by Crippen LogP contribution is -2.40. The first kappa shape index (κ1) is 12.2. The Hall–Kier alpha value is -0.830. The fourth-order valence-electron chi connectivity index (χ4n) is 2.14. The molecule has 0 unspecified atom stereocenters. The zero-order valence-electron chi connectivity index (χ0n) is 9.65. The van der Waals surface area contributed by atoms with Crippen LogP contribution in [0.5, 0.6) is 0 Å². The summed E-state index contributed by atoms with van der Waals surface area (Å²) in [5.41, 5.74) is 0. The lowest BCUT2D eigenvalue weighted by Gasteiger charge is -2.30. The number of hydrogen-bond donors (Lipinski definition) is 1. The number of allylic oxidation sites excluding steroid dienone is 2. The molecule has 1 N–H and O–H groups in total. The average molecular weight is 211 g/mol. The molecule has 0 saturated carbocycles. The average Bonchev–Trinajstić information content (AvgIpc) is 2.30. The highest BCUT2D eigenvalue weighted by atomic mass is 16.3. The zero-order valence-corrected chi connectivity index (χ0v) is 9.65. The molecule has 3 heteroatoms. The second-order valence-corrected chi connectivity index (χ2v) is 4.00. The van der Waals surface area contributed by atoms with E-state index in [-0.39, 0.29) is 24.3 Å². The molecule has 15 heavy (non-hydrogen) atoms. The van der Waals surface area contributed by atoms with Crippen LogP contribution in [0.2, 0.25) is 0 Å². The van der Waals surface area contributed by atoms with Crippen LogP contribution in [-0.2, 0) is 4.79 Å². The summed E-state index contributed by atoms with van der Waals surface area (Å²) in [4.78, 5) is 14.0. The van der Waals surface area contributed by atoms with E-state index in [1.807, 2.05) is 18.7 Å². The summed E-state index contributed by atoms with van der Waals surface area (Å²) < 4.78 is 0. The maximum absolute atomic E-state index is 12.1. The first-order valence-corrected chi connectivity index (χ1v) is 5.79. The quantitative estimate of drug-likeness (QED) is 0.715. The smallest absolute Gasteiger partial charge is 0.226 e. The molecule has 0 radical (unpaired) electrons. The Morgan fingerprint density at radius 1 is 1.33 bits per heavy atom. The van der Waals surface area contributed by atoms with Gasteiger partial charge in [0.1, 0.15) is 0 Å². The first-order chi connectivity index (χ1) is 7.24. The van der Waals surface area contributed by atoms with Crippen LogP contribution in [0.25, 0.3) is 0 Å². The Balaban J connectivity index is 2.67. The lowest BCUT2D eigenvalue weighted by atomic mass is 9.82. The Bertz CT molecular complexity index is 234. The van der Waals surface area contributed by atoms with E-state index in [2.05, 4.69) is 12.2 Å². The highest BCUT2D eigenvalue weighted by Crippen LogP contribution is 2.26. The van der Waals surface area contributed by atoms with Gasteiger partial charge in [-0.2, -0.15) is 0 Å². The van der Waals surface area contributed by atoms with Crippen LogP contribution in [0.4, 0.5) is 0 Å². The van der Waals surface area contributed by atoms with E-state index in [9.17, 15) is 9.90 Å². The van der Waals surface area contributed by atoms with E-state index in [0.717, 1.165) is 25.9 Å². The van der Waals surface area contributed by atoms with Crippen molar-refractivity contribution in [2.45, 2.75) is 26.7 Å². The summed E-state index contributed by atoms with van der Waals surface area (Å²) in [5.74, 6) is 0.298. The predicted octanol–water partition coefficient (Wildman–Crippen LogP) is 1.43. The minimum atomic E-state index is -0.0140. The first-order valence-electron chi connectivity index (χ1n) is 5.79. The van der Waals surface area contributed by atoms with E-state index in [4.69, 9.17) is 0 Å². The highest BCUT2D eigenvalue weighted by molar-refractivity contribution is 5.79. The molecule has 1 rings (SSSR count). The second-order valence-electron chi connectivity index (χ2n) is 4.00. The maximum Gasteiger partial charge on any atom is 0.226 e. The molecule has 0 spiro atoms. The van der Waals surface area contributed by atoms with Gasteiger partial charge in [0.25, 0.3) is 0 Å². The summed E-state index contributed by atoms with van der Waals surface area (Å²) >= 11 is 0. The molecule has 0 aliphatic heterocycles. The maximum atomic E-state index is 12.1. The molecule has 1 aliphatic rings. The van der Waals surface area contributed by atoms with Gasteiger partial charge in [0.05, 0.1) is 0 Å². The van der Waals surface area contributed by atoms with Gasteiger partial charge >= 0.3 is 0 Å². The van der Waals surface area contributed by atoms with Crippen LogP contribution in [0.1, 0.15) is 26.7 Å². The molecule has 1 aliphatic carbocycles. The molecule has 86 valence electrons. The van der Waals surface area contributed by atoms with Gasteiger partial charge in [-0.15, -0.1) is 0 Å². The molecule has 0 aromatic carbocycles. The molecule has 0 aromatic rings. The Morgan fingerprint density at radius 3 is 2.47 bits per heavy atom. The number of rotatable bonds is 4. The monoisotopic (exact) mass is 211 g/mol. The van der Waals surface area contributed by atoms with Gasteiger partial charge in [0.2, 0.25) is 5.91 Å². The van der Waals surface area contributed by atoms with Crippen LogP contribution in [0.3, 0.4) is 0 Å². The summed E-state index contributed by atoms with van der Waals surface area (Å²) in [6.45, 7) is 5.62. The summed E-state index contributed by atoms with van der Waals surface area (Å²) in [6.07, 6.45) is 5.72. The molecule has 0 aromatic heterocycles. The van der Waals surface area contributed by atoms with Crippen molar-refractivity contribution in [2.75, 3.05) is 19.7 Å². The van der Waals surface area contributed by atoms with Crippen molar-refractivity contribution in [1.29, 1.82) is 0 Å². The number of amides is 1. The molecule has 1 amide bonds. The Morgan fingerprint density at radius 2 is 1.93 bits per heavy atom. The summed E-state index contributed by atoms with van der Waals surface area (Å²) in [6, 6.07) is 0. The van der Waals surface area contributed by atoms with Crippen LogP contribution in [0.15, 0.2) is 12.2 Å². The second kappa shape index (κ2) is 5.91. The molecule has 3 nitrogen and oxygen atoms in total. The number of carbonyl (C=O) groups excluding carboxylic acids is 1. The third kappa shape index (κ3) is 2.81.